The van der Waals surface area contributed by atoms with Gasteiger partial charge in [-0.3, -0.25) is 0 Å². The molecule has 0 saturated heterocycles. The van der Waals surface area contributed by atoms with Gasteiger partial charge in [0.1, 0.15) is 0 Å². The SMILES string of the molecule is c1ccc(-c2ccc(-c3ccc(N(c4ccc(-c5ccccc5-n5c6ccccc6c6cc7ccccc7cc65)cc4)c4ccccc4-c4cccc5ccccc45)cc3)cc2)cc1. The van der Waals surface area contributed by atoms with E-state index in [4.69, 9.17) is 0 Å². The zero-order valence-electron chi connectivity index (χ0n) is 35.1. The van der Waals surface area contributed by atoms with E-state index in [1.807, 2.05) is 0 Å². The van der Waals surface area contributed by atoms with Crippen LogP contribution in [0.15, 0.2) is 255 Å². The minimum Gasteiger partial charge on any atom is -0.310 e. The molecule has 2 nitrogen and oxygen atoms in total. The molecule has 300 valence electrons. The predicted octanol–water partition coefficient (Wildman–Crippen LogP) is 17.2. The minimum absolute atomic E-state index is 1.08. The Morgan fingerprint density at radius 1 is 0.266 bits per heavy atom. The largest absolute Gasteiger partial charge is 0.310 e. The Morgan fingerprint density at radius 3 is 1.47 bits per heavy atom. The molecular formula is C62H42N2. The van der Waals surface area contributed by atoms with Gasteiger partial charge in [-0.1, -0.05) is 200 Å². The van der Waals surface area contributed by atoms with Gasteiger partial charge in [-0.25, -0.2) is 0 Å². The number of fused-ring (bicyclic) bond motifs is 5. The van der Waals surface area contributed by atoms with E-state index in [0.717, 1.165) is 28.3 Å². The summed E-state index contributed by atoms with van der Waals surface area (Å²) in [7, 11) is 0. The van der Waals surface area contributed by atoms with Gasteiger partial charge in [0.25, 0.3) is 0 Å². The Bertz CT molecular complexity index is 3630. The molecule has 0 bridgehead atoms. The number of nitrogens with zero attached hydrogens (tertiary/aromatic N) is 2. The molecule has 0 aliphatic heterocycles. The van der Waals surface area contributed by atoms with Crippen molar-refractivity contribution in [1.29, 1.82) is 0 Å². The molecule has 12 rings (SSSR count). The fraction of sp³-hybridized carbons (Fsp3) is 0. The smallest absolute Gasteiger partial charge is 0.0547 e. The molecule has 0 unspecified atom stereocenters. The number of anilines is 3. The highest BCUT2D eigenvalue weighted by atomic mass is 15.1. The third-order valence-electron chi connectivity index (χ3n) is 12.8. The van der Waals surface area contributed by atoms with Crippen molar-refractivity contribution >= 4 is 60.4 Å². The summed E-state index contributed by atoms with van der Waals surface area (Å²) in [6.45, 7) is 0. The van der Waals surface area contributed by atoms with Gasteiger partial charge in [-0.2, -0.15) is 0 Å². The molecular weight excluding hydrogens is 773 g/mol. The van der Waals surface area contributed by atoms with Crippen LogP contribution in [0.2, 0.25) is 0 Å². The lowest BCUT2D eigenvalue weighted by molar-refractivity contribution is 1.18. The average molecular weight is 815 g/mol. The van der Waals surface area contributed by atoms with Gasteiger partial charge in [0.05, 0.1) is 22.4 Å². The van der Waals surface area contributed by atoms with Crippen molar-refractivity contribution in [2.75, 3.05) is 4.90 Å². The summed E-state index contributed by atoms with van der Waals surface area (Å²) in [4.78, 5) is 2.41. The van der Waals surface area contributed by atoms with E-state index in [1.54, 1.807) is 0 Å². The number of hydrogen-bond acceptors (Lipinski definition) is 1. The van der Waals surface area contributed by atoms with Gasteiger partial charge < -0.3 is 9.47 Å². The summed E-state index contributed by atoms with van der Waals surface area (Å²) in [6.07, 6.45) is 0. The van der Waals surface area contributed by atoms with E-state index in [9.17, 15) is 0 Å². The van der Waals surface area contributed by atoms with Crippen molar-refractivity contribution in [2.24, 2.45) is 0 Å². The first-order valence-electron chi connectivity index (χ1n) is 22.0. The summed E-state index contributed by atoms with van der Waals surface area (Å²) in [5.41, 5.74) is 16.4. The second-order valence-electron chi connectivity index (χ2n) is 16.5. The van der Waals surface area contributed by atoms with Crippen LogP contribution < -0.4 is 4.90 Å². The van der Waals surface area contributed by atoms with Gasteiger partial charge in [0, 0.05) is 33.3 Å². The molecule has 12 aromatic rings. The Kier molecular flexibility index (Phi) is 9.20. The maximum Gasteiger partial charge on any atom is 0.0547 e. The van der Waals surface area contributed by atoms with Gasteiger partial charge in [-0.15, -0.1) is 0 Å². The fourth-order valence-electron chi connectivity index (χ4n) is 9.69. The zero-order valence-corrected chi connectivity index (χ0v) is 35.1. The van der Waals surface area contributed by atoms with Crippen molar-refractivity contribution in [3.63, 3.8) is 0 Å². The lowest BCUT2D eigenvalue weighted by atomic mass is 9.95. The molecule has 2 heteroatoms. The molecule has 0 amide bonds. The summed E-state index contributed by atoms with van der Waals surface area (Å²) >= 11 is 0. The van der Waals surface area contributed by atoms with Crippen molar-refractivity contribution < 1.29 is 0 Å². The Labute approximate surface area is 373 Å². The van der Waals surface area contributed by atoms with E-state index in [-0.39, 0.29) is 0 Å². The quantitative estimate of drug-likeness (QED) is 0.148. The first kappa shape index (κ1) is 37.3. The lowest BCUT2D eigenvalue weighted by Gasteiger charge is -2.28. The molecule has 0 atom stereocenters. The normalized spacial score (nSPS) is 11.4. The summed E-state index contributed by atoms with van der Waals surface area (Å²) in [5, 5.41) is 7.46. The summed E-state index contributed by atoms with van der Waals surface area (Å²) < 4.78 is 2.45. The molecule has 0 aliphatic carbocycles. The second-order valence-corrected chi connectivity index (χ2v) is 16.5. The molecule has 11 aromatic carbocycles. The van der Waals surface area contributed by atoms with Crippen LogP contribution >= 0.6 is 0 Å². The molecule has 0 radical (unpaired) electrons. The summed E-state index contributed by atoms with van der Waals surface area (Å²) in [6, 6.07) is 92.7. The fourth-order valence-corrected chi connectivity index (χ4v) is 9.69. The highest BCUT2D eigenvalue weighted by molar-refractivity contribution is 6.14. The van der Waals surface area contributed by atoms with Gasteiger partial charge in [-0.05, 0) is 110 Å². The van der Waals surface area contributed by atoms with Crippen molar-refractivity contribution in [1.82, 2.24) is 4.57 Å². The molecule has 64 heavy (non-hydrogen) atoms. The van der Waals surface area contributed by atoms with E-state index in [2.05, 4.69) is 264 Å². The molecule has 1 heterocycles. The number of benzene rings is 11. The predicted molar refractivity (Wildman–Crippen MR) is 272 cm³/mol. The molecule has 0 aliphatic rings. The van der Waals surface area contributed by atoms with Gasteiger partial charge in [0.15, 0.2) is 0 Å². The zero-order chi connectivity index (χ0) is 42.4. The second kappa shape index (κ2) is 15.8. The molecule has 0 saturated carbocycles. The van der Waals surface area contributed by atoms with Gasteiger partial charge in [0.2, 0.25) is 0 Å². The maximum absolute atomic E-state index is 2.45. The van der Waals surface area contributed by atoms with E-state index in [0.29, 0.717) is 0 Å². The van der Waals surface area contributed by atoms with Crippen LogP contribution in [-0.2, 0) is 0 Å². The Balaban J connectivity index is 0.979. The number of hydrogen-bond donors (Lipinski definition) is 0. The molecule has 1 aromatic heterocycles. The van der Waals surface area contributed by atoms with Crippen LogP contribution in [0.3, 0.4) is 0 Å². The standard InChI is InChI=1S/C62H42N2/c1-2-15-43(16-3-1)44-29-31-45(32-30-44)46-33-37-51(38-34-46)63(60-27-12-9-23-56(60)55-25-14-20-47-17-6-7-21-53(47)55)52-39-35-48(36-40-52)54-22-8-11-26-59(54)64-61-28-13-10-24-57(61)58-41-49-18-4-5-19-50(49)42-62(58)64/h1-42H. The topological polar surface area (TPSA) is 8.17 Å². The van der Waals surface area contributed by atoms with Crippen LogP contribution in [0.1, 0.15) is 0 Å². The van der Waals surface area contributed by atoms with Crippen LogP contribution in [0.25, 0.3) is 93.5 Å². The number of para-hydroxylation sites is 3. The van der Waals surface area contributed by atoms with E-state index in [1.165, 1.54) is 82.3 Å². The first-order valence-corrected chi connectivity index (χ1v) is 22.0. The van der Waals surface area contributed by atoms with Crippen LogP contribution in [0, 0.1) is 0 Å². The lowest BCUT2D eigenvalue weighted by Crippen LogP contribution is -2.11. The van der Waals surface area contributed by atoms with Crippen LogP contribution in [0.5, 0.6) is 0 Å². The van der Waals surface area contributed by atoms with Crippen LogP contribution in [-0.4, -0.2) is 4.57 Å². The third-order valence-corrected chi connectivity index (χ3v) is 12.8. The van der Waals surface area contributed by atoms with E-state index >= 15 is 0 Å². The van der Waals surface area contributed by atoms with Crippen molar-refractivity contribution in [2.45, 2.75) is 0 Å². The van der Waals surface area contributed by atoms with E-state index < -0.39 is 0 Å². The monoisotopic (exact) mass is 814 g/mol. The van der Waals surface area contributed by atoms with Crippen LogP contribution in [0.4, 0.5) is 17.1 Å². The maximum atomic E-state index is 2.45. The highest BCUT2D eigenvalue weighted by Gasteiger charge is 2.20. The Hall–Kier alpha value is -8.46. The highest BCUT2D eigenvalue weighted by Crippen LogP contribution is 2.44. The van der Waals surface area contributed by atoms with Crippen molar-refractivity contribution in [3.8, 4) is 50.2 Å². The molecule has 0 spiro atoms. The molecule has 0 fully saturated rings. The average Bonchev–Trinajstić information content (AvgIpc) is 3.69. The third kappa shape index (κ3) is 6.52. The van der Waals surface area contributed by atoms with Gasteiger partial charge >= 0.3 is 0 Å². The Morgan fingerprint density at radius 2 is 0.750 bits per heavy atom. The minimum atomic E-state index is 1.08. The van der Waals surface area contributed by atoms with Crippen molar-refractivity contribution in [3.05, 3.63) is 255 Å². The molecule has 0 N–H and O–H groups in total. The number of aromatic nitrogens is 1. The number of rotatable bonds is 8. The first-order chi connectivity index (χ1) is 31.7. The summed E-state index contributed by atoms with van der Waals surface area (Å²) in [5.74, 6) is 0.